The van der Waals surface area contributed by atoms with Crippen molar-refractivity contribution < 1.29 is 4.79 Å². The Morgan fingerprint density at radius 3 is 2.88 bits per heavy atom. The van der Waals surface area contributed by atoms with Crippen molar-refractivity contribution in [2.75, 3.05) is 0 Å². The van der Waals surface area contributed by atoms with E-state index in [1.54, 1.807) is 6.20 Å². The molecule has 1 aliphatic carbocycles. The van der Waals surface area contributed by atoms with Crippen LogP contribution in [0.4, 0.5) is 0 Å². The molecule has 0 spiro atoms. The Labute approximate surface area is 102 Å². The second-order valence-corrected chi connectivity index (χ2v) is 4.97. The van der Waals surface area contributed by atoms with Crippen molar-refractivity contribution in [2.45, 2.75) is 51.6 Å². The number of nitrogens with zero attached hydrogens (tertiary/aromatic N) is 2. The molecule has 1 aromatic heterocycles. The number of nitrogens with one attached hydrogen (secondary N) is 1. The number of amides is 1. The molecule has 1 saturated carbocycles. The van der Waals surface area contributed by atoms with Gasteiger partial charge in [0.15, 0.2) is 0 Å². The number of hydrogen-bond donors (Lipinski definition) is 1. The van der Waals surface area contributed by atoms with Gasteiger partial charge in [-0.05, 0) is 25.8 Å². The van der Waals surface area contributed by atoms with Gasteiger partial charge < -0.3 is 5.32 Å². The minimum absolute atomic E-state index is 0.143. The molecule has 1 heterocycles. The molecule has 1 atom stereocenters. The molecule has 0 radical (unpaired) electrons. The molecule has 1 N–H and O–H groups in total. The summed E-state index contributed by atoms with van der Waals surface area (Å²) in [5, 5.41) is 7.23. The highest BCUT2D eigenvalue weighted by Gasteiger charge is 2.22. The lowest BCUT2D eigenvalue weighted by atomic mass is 9.88. The SMILES string of the molecule is C[C@H](Cn1cccn1)NC(=O)C1CCCCC1. The van der Waals surface area contributed by atoms with Crippen molar-refractivity contribution >= 4 is 5.91 Å². The predicted octanol–water partition coefficient (Wildman–Crippen LogP) is 1.97. The average Bonchev–Trinajstić information content (AvgIpc) is 2.82. The van der Waals surface area contributed by atoms with E-state index in [4.69, 9.17) is 0 Å². The van der Waals surface area contributed by atoms with Crippen LogP contribution in [0, 0.1) is 5.92 Å². The van der Waals surface area contributed by atoms with E-state index in [1.165, 1.54) is 19.3 Å². The molecule has 4 nitrogen and oxygen atoms in total. The molecule has 0 bridgehead atoms. The van der Waals surface area contributed by atoms with Gasteiger partial charge in [0.1, 0.15) is 0 Å². The van der Waals surface area contributed by atoms with Crippen LogP contribution >= 0.6 is 0 Å². The van der Waals surface area contributed by atoms with Gasteiger partial charge in [0.25, 0.3) is 0 Å². The highest BCUT2D eigenvalue weighted by atomic mass is 16.1. The Kier molecular flexibility index (Phi) is 4.18. The smallest absolute Gasteiger partial charge is 0.223 e. The summed E-state index contributed by atoms with van der Waals surface area (Å²) >= 11 is 0. The first-order chi connectivity index (χ1) is 8.25. The normalized spacial score (nSPS) is 18.9. The van der Waals surface area contributed by atoms with E-state index in [-0.39, 0.29) is 17.9 Å². The van der Waals surface area contributed by atoms with E-state index in [9.17, 15) is 4.79 Å². The van der Waals surface area contributed by atoms with Crippen molar-refractivity contribution in [3.63, 3.8) is 0 Å². The predicted molar refractivity (Wildman–Crippen MR) is 66.4 cm³/mol. The minimum Gasteiger partial charge on any atom is -0.352 e. The molecule has 0 saturated heterocycles. The lowest BCUT2D eigenvalue weighted by molar-refractivity contribution is -0.126. The lowest BCUT2D eigenvalue weighted by Crippen LogP contribution is -2.40. The second kappa shape index (κ2) is 5.84. The fraction of sp³-hybridized carbons (Fsp3) is 0.692. The van der Waals surface area contributed by atoms with Crippen molar-refractivity contribution in [2.24, 2.45) is 5.92 Å². The summed E-state index contributed by atoms with van der Waals surface area (Å²) in [6, 6.07) is 2.04. The van der Waals surface area contributed by atoms with Crippen LogP contribution in [0.1, 0.15) is 39.0 Å². The number of aromatic nitrogens is 2. The maximum absolute atomic E-state index is 12.0. The first-order valence-electron chi connectivity index (χ1n) is 6.53. The van der Waals surface area contributed by atoms with E-state index in [2.05, 4.69) is 10.4 Å². The summed E-state index contributed by atoms with van der Waals surface area (Å²) in [4.78, 5) is 12.0. The van der Waals surface area contributed by atoms with Gasteiger partial charge in [0.2, 0.25) is 5.91 Å². The number of hydrogen-bond acceptors (Lipinski definition) is 2. The number of rotatable bonds is 4. The van der Waals surface area contributed by atoms with Crippen LogP contribution in [-0.2, 0) is 11.3 Å². The Bertz CT molecular complexity index is 342. The molecule has 0 aromatic carbocycles. The fourth-order valence-electron chi connectivity index (χ4n) is 2.46. The van der Waals surface area contributed by atoms with Crippen molar-refractivity contribution in [1.29, 1.82) is 0 Å². The van der Waals surface area contributed by atoms with Gasteiger partial charge in [0, 0.05) is 24.4 Å². The summed E-state index contributed by atoms with van der Waals surface area (Å²) in [5.41, 5.74) is 0. The monoisotopic (exact) mass is 235 g/mol. The topological polar surface area (TPSA) is 46.9 Å². The maximum atomic E-state index is 12.0. The Morgan fingerprint density at radius 2 is 2.24 bits per heavy atom. The summed E-state index contributed by atoms with van der Waals surface area (Å²) < 4.78 is 1.85. The second-order valence-electron chi connectivity index (χ2n) is 4.97. The van der Waals surface area contributed by atoms with Gasteiger partial charge in [-0.3, -0.25) is 9.48 Å². The number of carbonyl (C=O) groups excluding carboxylic acids is 1. The third kappa shape index (κ3) is 3.58. The van der Waals surface area contributed by atoms with Crippen LogP contribution < -0.4 is 5.32 Å². The molecule has 1 aromatic rings. The molecule has 1 aliphatic rings. The molecular weight excluding hydrogens is 214 g/mol. The zero-order valence-electron chi connectivity index (χ0n) is 10.4. The third-order valence-corrected chi connectivity index (χ3v) is 3.38. The Hall–Kier alpha value is -1.32. The number of carbonyl (C=O) groups is 1. The maximum Gasteiger partial charge on any atom is 0.223 e. The first-order valence-corrected chi connectivity index (χ1v) is 6.53. The summed E-state index contributed by atoms with van der Waals surface area (Å²) in [5.74, 6) is 0.466. The highest BCUT2D eigenvalue weighted by molar-refractivity contribution is 5.78. The van der Waals surface area contributed by atoms with Gasteiger partial charge >= 0.3 is 0 Å². The Balaban J connectivity index is 1.77. The van der Waals surface area contributed by atoms with Gasteiger partial charge in [-0.2, -0.15) is 5.10 Å². The lowest BCUT2D eigenvalue weighted by Gasteiger charge is -2.23. The van der Waals surface area contributed by atoms with Crippen LogP contribution in [0.3, 0.4) is 0 Å². The molecule has 1 amide bonds. The highest BCUT2D eigenvalue weighted by Crippen LogP contribution is 2.23. The third-order valence-electron chi connectivity index (χ3n) is 3.38. The van der Waals surface area contributed by atoms with Crippen LogP contribution in [0.15, 0.2) is 18.5 Å². The summed E-state index contributed by atoms with van der Waals surface area (Å²) in [6.45, 7) is 2.77. The molecule has 4 heteroatoms. The molecule has 0 aliphatic heterocycles. The van der Waals surface area contributed by atoms with E-state index in [0.717, 1.165) is 19.4 Å². The van der Waals surface area contributed by atoms with E-state index < -0.39 is 0 Å². The average molecular weight is 235 g/mol. The largest absolute Gasteiger partial charge is 0.352 e. The van der Waals surface area contributed by atoms with Gasteiger partial charge in [-0.25, -0.2) is 0 Å². The molecule has 2 rings (SSSR count). The standard InChI is InChI=1S/C13H21N3O/c1-11(10-16-9-5-8-14-16)15-13(17)12-6-3-2-4-7-12/h5,8-9,11-12H,2-4,6-7,10H2,1H3,(H,15,17)/t11-/m1/s1. The molecule has 94 valence electrons. The molecular formula is C13H21N3O. The van der Waals surface area contributed by atoms with E-state index in [1.807, 2.05) is 23.9 Å². The zero-order valence-corrected chi connectivity index (χ0v) is 10.4. The van der Waals surface area contributed by atoms with Gasteiger partial charge in [0.05, 0.1) is 6.54 Å². The van der Waals surface area contributed by atoms with Gasteiger partial charge in [-0.15, -0.1) is 0 Å². The van der Waals surface area contributed by atoms with Crippen molar-refractivity contribution in [3.8, 4) is 0 Å². The summed E-state index contributed by atoms with van der Waals surface area (Å²) in [7, 11) is 0. The van der Waals surface area contributed by atoms with E-state index >= 15 is 0 Å². The quantitative estimate of drug-likeness (QED) is 0.867. The molecule has 1 fully saturated rings. The van der Waals surface area contributed by atoms with Crippen molar-refractivity contribution in [3.05, 3.63) is 18.5 Å². The fourth-order valence-corrected chi connectivity index (χ4v) is 2.46. The van der Waals surface area contributed by atoms with E-state index in [0.29, 0.717) is 0 Å². The first kappa shape index (κ1) is 12.1. The van der Waals surface area contributed by atoms with Crippen LogP contribution in [0.25, 0.3) is 0 Å². The Morgan fingerprint density at radius 1 is 1.47 bits per heavy atom. The molecule has 17 heavy (non-hydrogen) atoms. The van der Waals surface area contributed by atoms with Crippen LogP contribution in [-0.4, -0.2) is 21.7 Å². The van der Waals surface area contributed by atoms with Crippen molar-refractivity contribution in [1.82, 2.24) is 15.1 Å². The van der Waals surface area contributed by atoms with Gasteiger partial charge in [-0.1, -0.05) is 19.3 Å². The van der Waals surface area contributed by atoms with Crippen LogP contribution in [0.2, 0.25) is 0 Å². The van der Waals surface area contributed by atoms with Crippen LogP contribution in [0.5, 0.6) is 0 Å². The zero-order chi connectivity index (χ0) is 12.1. The minimum atomic E-state index is 0.143. The molecule has 0 unspecified atom stereocenters. The summed E-state index contributed by atoms with van der Waals surface area (Å²) in [6.07, 6.45) is 9.48.